The molecule has 0 bridgehead atoms. The van der Waals surface area contributed by atoms with E-state index in [1.807, 2.05) is 0 Å². The fraction of sp³-hybridized carbons (Fsp3) is 0.667. The molecule has 1 fully saturated rings. The van der Waals surface area contributed by atoms with Gasteiger partial charge in [-0.1, -0.05) is 26.0 Å². The fourth-order valence-electron chi connectivity index (χ4n) is 2.80. The summed E-state index contributed by atoms with van der Waals surface area (Å²) in [6.45, 7) is 10.3. The van der Waals surface area contributed by atoms with E-state index in [9.17, 15) is 0 Å². The van der Waals surface area contributed by atoms with Crippen molar-refractivity contribution < 1.29 is 9.47 Å². The van der Waals surface area contributed by atoms with E-state index in [-0.39, 0.29) is 0 Å². The van der Waals surface area contributed by atoms with E-state index in [0.29, 0.717) is 6.04 Å². The minimum Gasteiger partial charge on any atom is -0.497 e. The first-order chi connectivity index (χ1) is 10.7. The van der Waals surface area contributed by atoms with Crippen LogP contribution in [0.15, 0.2) is 24.3 Å². The van der Waals surface area contributed by atoms with Gasteiger partial charge in [0, 0.05) is 25.7 Å². The lowest BCUT2D eigenvalue weighted by molar-refractivity contribution is 0.0161. The lowest BCUT2D eigenvalue weighted by atomic mass is 10.0. The SMILES string of the molecule is COc1ccc(C(CNCCC(C)C)N2CCOCC2)cc1. The Hall–Kier alpha value is -1.10. The van der Waals surface area contributed by atoms with E-state index >= 15 is 0 Å². The zero-order chi connectivity index (χ0) is 15.8. The molecule has 0 aromatic heterocycles. The second-order valence-electron chi connectivity index (χ2n) is 6.32. The molecule has 1 N–H and O–H groups in total. The monoisotopic (exact) mass is 306 g/mol. The molecule has 4 nitrogen and oxygen atoms in total. The highest BCUT2D eigenvalue weighted by atomic mass is 16.5. The van der Waals surface area contributed by atoms with Crippen LogP contribution < -0.4 is 10.1 Å². The van der Waals surface area contributed by atoms with Crippen molar-refractivity contribution >= 4 is 0 Å². The zero-order valence-electron chi connectivity index (χ0n) is 14.2. The maximum absolute atomic E-state index is 5.50. The van der Waals surface area contributed by atoms with Crippen LogP contribution in [0.4, 0.5) is 0 Å². The van der Waals surface area contributed by atoms with Gasteiger partial charge in [0.25, 0.3) is 0 Å². The van der Waals surface area contributed by atoms with Gasteiger partial charge in [0.1, 0.15) is 5.75 Å². The van der Waals surface area contributed by atoms with Gasteiger partial charge in [-0.05, 0) is 36.6 Å². The van der Waals surface area contributed by atoms with Gasteiger partial charge >= 0.3 is 0 Å². The molecule has 1 saturated heterocycles. The molecule has 1 aromatic carbocycles. The molecule has 1 aromatic rings. The first kappa shape index (κ1) is 17.3. The molecule has 2 rings (SSSR count). The molecule has 1 heterocycles. The smallest absolute Gasteiger partial charge is 0.118 e. The number of hydrogen-bond acceptors (Lipinski definition) is 4. The molecule has 1 unspecified atom stereocenters. The van der Waals surface area contributed by atoms with Crippen LogP contribution in [-0.2, 0) is 4.74 Å². The van der Waals surface area contributed by atoms with Gasteiger partial charge in [-0.3, -0.25) is 4.90 Å². The maximum atomic E-state index is 5.50. The highest BCUT2D eigenvalue weighted by molar-refractivity contribution is 5.29. The maximum Gasteiger partial charge on any atom is 0.118 e. The summed E-state index contributed by atoms with van der Waals surface area (Å²) in [7, 11) is 1.71. The predicted octanol–water partition coefficient (Wildman–Crippen LogP) is 2.70. The third kappa shape index (κ3) is 5.27. The van der Waals surface area contributed by atoms with Gasteiger partial charge in [0.2, 0.25) is 0 Å². The van der Waals surface area contributed by atoms with Crippen LogP contribution in [0.5, 0.6) is 5.75 Å². The third-order valence-electron chi connectivity index (χ3n) is 4.22. The molecule has 0 aliphatic carbocycles. The zero-order valence-corrected chi connectivity index (χ0v) is 14.2. The highest BCUT2D eigenvalue weighted by Gasteiger charge is 2.22. The Morgan fingerprint density at radius 2 is 1.86 bits per heavy atom. The fourth-order valence-corrected chi connectivity index (χ4v) is 2.80. The van der Waals surface area contributed by atoms with Gasteiger partial charge in [-0.25, -0.2) is 0 Å². The Kier molecular flexibility index (Phi) is 7.16. The Bertz CT molecular complexity index is 414. The van der Waals surface area contributed by atoms with Gasteiger partial charge in [-0.15, -0.1) is 0 Å². The molecule has 0 spiro atoms. The third-order valence-corrected chi connectivity index (χ3v) is 4.22. The Labute approximate surface area is 134 Å². The topological polar surface area (TPSA) is 33.7 Å². The van der Waals surface area contributed by atoms with Crippen molar-refractivity contribution in [1.82, 2.24) is 10.2 Å². The summed E-state index contributed by atoms with van der Waals surface area (Å²) in [4.78, 5) is 2.52. The van der Waals surface area contributed by atoms with E-state index in [2.05, 4.69) is 48.3 Å². The van der Waals surface area contributed by atoms with Crippen molar-refractivity contribution in [3.8, 4) is 5.75 Å². The van der Waals surface area contributed by atoms with Crippen molar-refractivity contribution in [2.24, 2.45) is 5.92 Å². The van der Waals surface area contributed by atoms with Crippen LogP contribution in [0.1, 0.15) is 31.9 Å². The van der Waals surface area contributed by atoms with E-state index in [1.54, 1.807) is 7.11 Å². The molecule has 1 atom stereocenters. The van der Waals surface area contributed by atoms with E-state index < -0.39 is 0 Å². The summed E-state index contributed by atoms with van der Waals surface area (Å²) in [6.07, 6.45) is 1.22. The lowest BCUT2D eigenvalue weighted by Gasteiger charge is -2.35. The molecule has 0 radical (unpaired) electrons. The van der Waals surface area contributed by atoms with Gasteiger partial charge in [-0.2, -0.15) is 0 Å². The predicted molar refractivity (Wildman–Crippen MR) is 90.5 cm³/mol. The molecule has 124 valence electrons. The summed E-state index contributed by atoms with van der Waals surface area (Å²) in [6, 6.07) is 8.88. The summed E-state index contributed by atoms with van der Waals surface area (Å²) in [5, 5.41) is 3.63. The first-order valence-corrected chi connectivity index (χ1v) is 8.37. The van der Waals surface area contributed by atoms with Crippen molar-refractivity contribution in [3.05, 3.63) is 29.8 Å². The average Bonchev–Trinajstić information content (AvgIpc) is 2.56. The van der Waals surface area contributed by atoms with Crippen LogP contribution in [0.3, 0.4) is 0 Å². The molecular formula is C18H30N2O2. The molecular weight excluding hydrogens is 276 g/mol. The highest BCUT2D eigenvalue weighted by Crippen LogP contribution is 2.23. The molecule has 0 amide bonds. The van der Waals surface area contributed by atoms with Gasteiger partial charge < -0.3 is 14.8 Å². The number of nitrogens with zero attached hydrogens (tertiary/aromatic N) is 1. The first-order valence-electron chi connectivity index (χ1n) is 8.37. The molecule has 4 heteroatoms. The van der Waals surface area contributed by atoms with Crippen LogP contribution in [0, 0.1) is 5.92 Å². The second-order valence-corrected chi connectivity index (χ2v) is 6.32. The molecule has 1 aliphatic rings. The largest absolute Gasteiger partial charge is 0.497 e. The van der Waals surface area contributed by atoms with Crippen molar-refractivity contribution in [2.45, 2.75) is 26.3 Å². The summed E-state index contributed by atoms with van der Waals surface area (Å²) in [5.41, 5.74) is 1.35. The summed E-state index contributed by atoms with van der Waals surface area (Å²) in [5.74, 6) is 1.66. The molecule has 22 heavy (non-hydrogen) atoms. The minimum atomic E-state index is 0.405. The van der Waals surface area contributed by atoms with E-state index in [4.69, 9.17) is 9.47 Å². The standard InChI is InChI=1S/C18H30N2O2/c1-15(2)8-9-19-14-18(20-10-12-22-13-11-20)16-4-6-17(21-3)7-5-16/h4-7,15,18-19H,8-14H2,1-3H3. The number of benzene rings is 1. The van der Waals surface area contributed by atoms with Crippen LogP contribution in [-0.4, -0.2) is 51.4 Å². The van der Waals surface area contributed by atoms with Crippen LogP contribution in [0.2, 0.25) is 0 Å². The summed E-state index contributed by atoms with van der Waals surface area (Å²) >= 11 is 0. The van der Waals surface area contributed by atoms with E-state index in [1.165, 1.54) is 12.0 Å². The Balaban J connectivity index is 1.99. The van der Waals surface area contributed by atoms with Crippen molar-refractivity contribution in [2.75, 3.05) is 46.5 Å². The Morgan fingerprint density at radius 1 is 1.18 bits per heavy atom. The quantitative estimate of drug-likeness (QED) is 0.749. The Morgan fingerprint density at radius 3 is 2.45 bits per heavy atom. The van der Waals surface area contributed by atoms with Crippen molar-refractivity contribution in [3.63, 3.8) is 0 Å². The van der Waals surface area contributed by atoms with Crippen LogP contribution >= 0.6 is 0 Å². The van der Waals surface area contributed by atoms with Crippen LogP contribution in [0.25, 0.3) is 0 Å². The van der Waals surface area contributed by atoms with Crippen molar-refractivity contribution in [1.29, 1.82) is 0 Å². The molecule has 1 aliphatic heterocycles. The minimum absolute atomic E-state index is 0.405. The number of nitrogens with one attached hydrogen (secondary N) is 1. The number of morpholine rings is 1. The molecule has 0 saturated carbocycles. The van der Waals surface area contributed by atoms with E-state index in [0.717, 1.165) is 51.1 Å². The number of rotatable bonds is 8. The lowest BCUT2D eigenvalue weighted by Crippen LogP contribution is -2.43. The summed E-state index contributed by atoms with van der Waals surface area (Å²) < 4.78 is 10.8. The normalized spacial score (nSPS) is 17.6. The number of ether oxygens (including phenoxy) is 2. The number of hydrogen-bond donors (Lipinski definition) is 1. The van der Waals surface area contributed by atoms with Gasteiger partial charge in [0.05, 0.1) is 20.3 Å². The second kappa shape index (κ2) is 9.13. The average molecular weight is 306 g/mol. The van der Waals surface area contributed by atoms with Gasteiger partial charge in [0.15, 0.2) is 0 Å². The number of methoxy groups -OCH3 is 1.